The zero-order valence-corrected chi connectivity index (χ0v) is 10.8. The van der Waals surface area contributed by atoms with Crippen LogP contribution in [0.5, 0.6) is 5.75 Å². The molecule has 1 amide bonds. The van der Waals surface area contributed by atoms with Gasteiger partial charge in [-0.1, -0.05) is 20.3 Å². The Morgan fingerprint density at radius 1 is 1.58 bits per heavy atom. The Morgan fingerprint density at radius 3 is 2.68 bits per heavy atom. The Labute approximate surface area is 110 Å². The minimum absolute atomic E-state index is 0.000177. The van der Waals surface area contributed by atoms with Crippen molar-refractivity contribution < 1.29 is 14.8 Å². The maximum atomic E-state index is 11.8. The summed E-state index contributed by atoms with van der Waals surface area (Å²) in [6, 6.07) is 2.75. The van der Waals surface area contributed by atoms with Crippen LogP contribution in [0.1, 0.15) is 20.3 Å². The molecule has 0 saturated carbocycles. The van der Waals surface area contributed by atoms with Crippen LogP contribution in [-0.4, -0.2) is 22.0 Å². The maximum absolute atomic E-state index is 11.8. The molecule has 0 spiro atoms. The third kappa shape index (κ3) is 3.65. The lowest BCUT2D eigenvalue weighted by molar-refractivity contribution is -0.384. The molecular formula is C12H17N3O4. The first-order valence-corrected chi connectivity index (χ1v) is 5.90. The summed E-state index contributed by atoms with van der Waals surface area (Å²) in [5.74, 6) is -0.794. The summed E-state index contributed by atoms with van der Waals surface area (Å²) < 4.78 is 0. The van der Waals surface area contributed by atoms with E-state index in [9.17, 15) is 20.0 Å². The van der Waals surface area contributed by atoms with E-state index >= 15 is 0 Å². The third-order valence-electron chi connectivity index (χ3n) is 3.01. The lowest BCUT2D eigenvalue weighted by atomic mass is 9.99. The largest absolute Gasteiger partial charge is 0.506 e. The van der Waals surface area contributed by atoms with E-state index in [1.54, 1.807) is 0 Å². The van der Waals surface area contributed by atoms with Gasteiger partial charge in [-0.05, 0) is 12.0 Å². The van der Waals surface area contributed by atoms with Crippen LogP contribution in [0.3, 0.4) is 0 Å². The van der Waals surface area contributed by atoms with Gasteiger partial charge in [0.25, 0.3) is 5.69 Å². The number of hydrogen-bond acceptors (Lipinski definition) is 5. The topological polar surface area (TPSA) is 118 Å². The summed E-state index contributed by atoms with van der Waals surface area (Å²) in [4.78, 5) is 21.7. The Bertz CT molecular complexity index is 490. The van der Waals surface area contributed by atoms with Gasteiger partial charge in [0, 0.05) is 6.07 Å². The number of rotatable bonds is 5. The number of carbonyl (C=O) groups is 1. The van der Waals surface area contributed by atoms with E-state index in [1.165, 1.54) is 12.1 Å². The van der Waals surface area contributed by atoms with Crippen LogP contribution in [0.15, 0.2) is 18.2 Å². The zero-order valence-electron chi connectivity index (χ0n) is 10.8. The van der Waals surface area contributed by atoms with Crippen molar-refractivity contribution in [3.8, 4) is 5.75 Å². The van der Waals surface area contributed by atoms with Gasteiger partial charge >= 0.3 is 0 Å². The van der Waals surface area contributed by atoms with E-state index < -0.39 is 16.9 Å². The average molecular weight is 267 g/mol. The zero-order chi connectivity index (χ0) is 14.6. The second-order valence-corrected chi connectivity index (χ2v) is 4.36. The van der Waals surface area contributed by atoms with Crippen LogP contribution in [0.25, 0.3) is 0 Å². The number of hydrogen-bond donors (Lipinski definition) is 3. The van der Waals surface area contributed by atoms with E-state index in [1.807, 2.05) is 13.8 Å². The fourth-order valence-corrected chi connectivity index (χ4v) is 1.47. The third-order valence-corrected chi connectivity index (χ3v) is 3.01. The van der Waals surface area contributed by atoms with Crippen molar-refractivity contribution in [1.29, 1.82) is 0 Å². The van der Waals surface area contributed by atoms with Crippen LogP contribution in [0, 0.1) is 16.0 Å². The second kappa shape index (κ2) is 6.14. The molecule has 1 aromatic carbocycles. The normalized spacial score (nSPS) is 13.6. The summed E-state index contributed by atoms with van der Waals surface area (Å²) in [6.07, 6.45) is 0.751. The summed E-state index contributed by atoms with van der Waals surface area (Å²) >= 11 is 0. The number of nitrogens with zero attached hydrogens (tertiary/aromatic N) is 1. The number of amides is 1. The fourth-order valence-electron chi connectivity index (χ4n) is 1.47. The second-order valence-electron chi connectivity index (χ2n) is 4.36. The first-order valence-electron chi connectivity index (χ1n) is 5.90. The van der Waals surface area contributed by atoms with Gasteiger partial charge in [0.05, 0.1) is 22.7 Å². The van der Waals surface area contributed by atoms with Gasteiger partial charge in [-0.3, -0.25) is 14.9 Å². The monoisotopic (exact) mass is 267 g/mol. The van der Waals surface area contributed by atoms with Gasteiger partial charge in [-0.2, -0.15) is 0 Å². The highest BCUT2D eigenvalue weighted by atomic mass is 16.6. The molecule has 0 aliphatic rings. The summed E-state index contributed by atoms with van der Waals surface area (Å²) in [6.45, 7) is 3.76. The van der Waals surface area contributed by atoms with Crippen molar-refractivity contribution in [3.63, 3.8) is 0 Å². The maximum Gasteiger partial charge on any atom is 0.273 e. The Balaban J connectivity index is 2.83. The number of non-ortho nitro benzene ring substituents is 1. The first-order chi connectivity index (χ1) is 8.86. The summed E-state index contributed by atoms with van der Waals surface area (Å²) in [5.41, 5.74) is 5.60. The highest BCUT2D eigenvalue weighted by molar-refractivity contribution is 5.96. The molecule has 4 N–H and O–H groups in total. The van der Waals surface area contributed by atoms with Gasteiger partial charge in [0.2, 0.25) is 5.91 Å². The first kappa shape index (κ1) is 14.9. The van der Waals surface area contributed by atoms with Crippen molar-refractivity contribution in [2.45, 2.75) is 26.3 Å². The number of nitro groups is 1. The summed E-state index contributed by atoms with van der Waals surface area (Å²) in [7, 11) is 0. The van der Waals surface area contributed by atoms with Crippen molar-refractivity contribution in [3.05, 3.63) is 28.3 Å². The standard InChI is InChI=1S/C12H17N3O4/c1-3-7(2)11(13)12(17)14-9-5-4-8(15(18)19)6-10(9)16/h4-7,11,16H,3,13H2,1-2H3,(H,14,17)/t7-,11-/m0/s1. The van der Waals surface area contributed by atoms with E-state index in [0.29, 0.717) is 0 Å². The molecule has 0 aliphatic heterocycles. The Hall–Kier alpha value is -2.15. The molecular weight excluding hydrogens is 250 g/mol. The van der Waals surface area contributed by atoms with Gasteiger partial charge < -0.3 is 16.2 Å². The predicted octanol–water partition coefficient (Wildman–Crippen LogP) is 1.61. The van der Waals surface area contributed by atoms with E-state index in [-0.39, 0.29) is 23.0 Å². The number of nitrogens with one attached hydrogen (secondary N) is 1. The number of phenolic OH excluding ortho intramolecular Hbond substituents is 1. The van der Waals surface area contributed by atoms with Gasteiger partial charge in [0.1, 0.15) is 5.75 Å². The molecule has 7 heteroatoms. The van der Waals surface area contributed by atoms with Crippen molar-refractivity contribution in [1.82, 2.24) is 0 Å². The van der Waals surface area contributed by atoms with Crippen LogP contribution >= 0.6 is 0 Å². The van der Waals surface area contributed by atoms with Crippen LogP contribution in [0.2, 0.25) is 0 Å². The predicted molar refractivity (Wildman–Crippen MR) is 70.8 cm³/mol. The lowest BCUT2D eigenvalue weighted by Gasteiger charge is -2.18. The fraction of sp³-hybridized carbons (Fsp3) is 0.417. The van der Waals surface area contributed by atoms with E-state index in [0.717, 1.165) is 12.5 Å². The molecule has 1 aromatic rings. The molecule has 0 bridgehead atoms. The number of phenols is 1. The van der Waals surface area contributed by atoms with Crippen molar-refractivity contribution in [2.75, 3.05) is 5.32 Å². The number of nitro benzene ring substituents is 1. The van der Waals surface area contributed by atoms with Gasteiger partial charge in [-0.15, -0.1) is 0 Å². The van der Waals surface area contributed by atoms with Crippen LogP contribution < -0.4 is 11.1 Å². The number of anilines is 1. The SMILES string of the molecule is CC[C@H](C)[C@H](N)C(=O)Nc1ccc([N+](=O)[O-])cc1O. The smallest absolute Gasteiger partial charge is 0.273 e. The number of benzene rings is 1. The molecule has 7 nitrogen and oxygen atoms in total. The van der Waals surface area contributed by atoms with Gasteiger partial charge in [0.15, 0.2) is 0 Å². The van der Waals surface area contributed by atoms with E-state index in [2.05, 4.69) is 5.32 Å². The van der Waals surface area contributed by atoms with Crippen LogP contribution in [-0.2, 0) is 4.79 Å². The van der Waals surface area contributed by atoms with Gasteiger partial charge in [-0.25, -0.2) is 0 Å². The quantitative estimate of drug-likeness (QED) is 0.425. The molecule has 0 fully saturated rings. The molecule has 104 valence electrons. The molecule has 0 heterocycles. The minimum Gasteiger partial charge on any atom is -0.506 e. The molecule has 1 rings (SSSR count). The van der Waals surface area contributed by atoms with Crippen molar-refractivity contribution in [2.24, 2.45) is 11.7 Å². The lowest BCUT2D eigenvalue weighted by Crippen LogP contribution is -2.40. The molecule has 2 atom stereocenters. The molecule has 0 aromatic heterocycles. The molecule has 0 radical (unpaired) electrons. The Kier molecular flexibility index (Phi) is 4.82. The van der Waals surface area contributed by atoms with E-state index in [4.69, 9.17) is 5.73 Å². The Morgan fingerprint density at radius 2 is 2.21 bits per heavy atom. The molecule has 0 aliphatic carbocycles. The highest BCUT2D eigenvalue weighted by Gasteiger charge is 2.21. The molecule has 0 unspecified atom stereocenters. The highest BCUT2D eigenvalue weighted by Crippen LogP contribution is 2.28. The number of aromatic hydroxyl groups is 1. The summed E-state index contributed by atoms with van der Waals surface area (Å²) in [5, 5.41) is 22.6. The molecule has 0 saturated heterocycles. The minimum atomic E-state index is -0.695. The number of carbonyl (C=O) groups excluding carboxylic acids is 1. The molecule has 19 heavy (non-hydrogen) atoms. The van der Waals surface area contributed by atoms with Crippen LogP contribution in [0.4, 0.5) is 11.4 Å². The number of nitrogens with two attached hydrogens (primary N) is 1. The average Bonchev–Trinajstić information content (AvgIpc) is 2.38. The van der Waals surface area contributed by atoms with Crippen molar-refractivity contribution >= 4 is 17.3 Å².